The highest BCUT2D eigenvalue weighted by atomic mass is 35.5. The fourth-order valence-electron chi connectivity index (χ4n) is 1.94. The largest absolute Gasteiger partial charge is 0.489 e. The molecule has 0 saturated heterocycles. The molecule has 1 aromatic heterocycles. The van der Waals surface area contributed by atoms with Crippen LogP contribution in [-0.4, -0.2) is 23.5 Å². The summed E-state index contributed by atoms with van der Waals surface area (Å²) < 4.78 is 5.70. The molecule has 1 aromatic carbocycles. The maximum Gasteiger partial charge on any atom is 0.220 e. The van der Waals surface area contributed by atoms with Crippen LogP contribution in [0.15, 0.2) is 48.8 Å². The van der Waals surface area contributed by atoms with Crippen molar-refractivity contribution >= 4 is 17.5 Å². The Morgan fingerprint density at radius 3 is 2.59 bits per heavy atom. The van der Waals surface area contributed by atoms with Crippen molar-refractivity contribution in [1.29, 1.82) is 0 Å². The Hall–Kier alpha value is -2.07. The predicted molar refractivity (Wildman–Crippen MR) is 87.1 cm³/mol. The second kappa shape index (κ2) is 8.39. The summed E-state index contributed by atoms with van der Waals surface area (Å²) in [4.78, 5) is 15.8. The van der Waals surface area contributed by atoms with Crippen LogP contribution in [0.4, 0.5) is 0 Å². The summed E-state index contributed by atoms with van der Waals surface area (Å²) in [7, 11) is 0. The van der Waals surface area contributed by atoms with Crippen molar-refractivity contribution in [2.75, 3.05) is 6.54 Å². The molecule has 0 aliphatic carbocycles. The third-order valence-electron chi connectivity index (χ3n) is 3.13. The van der Waals surface area contributed by atoms with E-state index in [1.165, 1.54) is 0 Å². The van der Waals surface area contributed by atoms with Crippen LogP contribution >= 0.6 is 11.6 Å². The van der Waals surface area contributed by atoms with Gasteiger partial charge in [-0.25, -0.2) is 0 Å². The number of carbonyl (C=O) groups is 1. The molecule has 0 aliphatic rings. The minimum Gasteiger partial charge on any atom is -0.489 e. The monoisotopic (exact) mass is 318 g/mol. The number of hydrogen-bond acceptors (Lipinski definition) is 3. The average Bonchev–Trinajstić information content (AvgIpc) is 2.54. The lowest BCUT2D eigenvalue weighted by Gasteiger charge is -2.15. The Morgan fingerprint density at radius 1 is 1.23 bits per heavy atom. The van der Waals surface area contributed by atoms with Crippen LogP contribution in [0, 0.1) is 0 Å². The van der Waals surface area contributed by atoms with Crippen molar-refractivity contribution in [2.45, 2.75) is 25.9 Å². The molecule has 0 saturated carbocycles. The highest BCUT2D eigenvalue weighted by molar-refractivity contribution is 6.30. The van der Waals surface area contributed by atoms with Crippen molar-refractivity contribution in [3.8, 4) is 5.75 Å². The van der Waals surface area contributed by atoms with Gasteiger partial charge in [-0.1, -0.05) is 11.6 Å². The van der Waals surface area contributed by atoms with E-state index < -0.39 is 0 Å². The van der Waals surface area contributed by atoms with Crippen LogP contribution in [-0.2, 0) is 11.2 Å². The van der Waals surface area contributed by atoms with Crippen molar-refractivity contribution in [1.82, 2.24) is 10.3 Å². The van der Waals surface area contributed by atoms with Gasteiger partial charge in [0.15, 0.2) is 0 Å². The van der Waals surface area contributed by atoms with E-state index >= 15 is 0 Å². The molecule has 1 heterocycles. The first kappa shape index (κ1) is 16.3. The molecule has 2 rings (SSSR count). The van der Waals surface area contributed by atoms with Gasteiger partial charge in [0.05, 0.1) is 6.54 Å². The number of amides is 1. The second-order valence-corrected chi connectivity index (χ2v) is 5.48. The van der Waals surface area contributed by atoms with Crippen molar-refractivity contribution in [3.63, 3.8) is 0 Å². The van der Waals surface area contributed by atoms with Crippen molar-refractivity contribution < 1.29 is 9.53 Å². The number of aromatic nitrogens is 1. The van der Waals surface area contributed by atoms with E-state index in [4.69, 9.17) is 16.3 Å². The summed E-state index contributed by atoms with van der Waals surface area (Å²) in [6, 6.07) is 11.0. The summed E-state index contributed by atoms with van der Waals surface area (Å²) in [6.45, 7) is 2.38. The molecule has 1 N–H and O–H groups in total. The number of aryl methyl sites for hydroxylation is 1. The van der Waals surface area contributed by atoms with Gasteiger partial charge in [0.1, 0.15) is 11.9 Å². The lowest BCUT2D eigenvalue weighted by atomic mass is 10.1. The van der Waals surface area contributed by atoms with Crippen molar-refractivity contribution in [3.05, 3.63) is 59.4 Å². The normalized spacial score (nSPS) is 11.7. The van der Waals surface area contributed by atoms with Crippen LogP contribution in [0.1, 0.15) is 18.9 Å². The molecule has 4 nitrogen and oxygen atoms in total. The smallest absolute Gasteiger partial charge is 0.220 e. The Morgan fingerprint density at radius 2 is 1.91 bits per heavy atom. The van der Waals surface area contributed by atoms with E-state index in [-0.39, 0.29) is 12.0 Å². The van der Waals surface area contributed by atoms with Gasteiger partial charge in [-0.15, -0.1) is 0 Å². The zero-order valence-corrected chi connectivity index (χ0v) is 13.2. The Bertz CT molecular complexity index is 587. The maximum atomic E-state index is 11.8. The number of rotatable bonds is 7. The van der Waals surface area contributed by atoms with E-state index in [9.17, 15) is 4.79 Å². The molecule has 0 spiro atoms. The maximum absolute atomic E-state index is 11.8. The number of carbonyl (C=O) groups excluding carboxylic acids is 1. The topological polar surface area (TPSA) is 51.2 Å². The molecule has 1 amide bonds. The standard InChI is InChI=1S/C17H19ClN2O2/c1-13(22-16-5-3-15(18)4-6-16)12-20-17(21)7-2-14-8-10-19-11-9-14/h3-6,8-11,13H,2,7,12H2,1H3,(H,20,21)/t13-/m0/s1. The molecule has 0 unspecified atom stereocenters. The summed E-state index contributed by atoms with van der Waals surface area (Å²) in [5.74, 6) is 0.756. The van der Waals surface area contributed by atoms with E-state index in [2.05, 4.69) is 10.3 Å². The summed E-state index contributed by atoms with van der Waals surface area (Å²) in [6.07, 6.45) is 4.52. The SMILES string of the molecule is C[C@@H](CNC(=O)CCc1ccncc1)Oc1ccc(Cl)cc1. The minimum absolute atomic E-state index is 0.0170. The molecule has 0 fully saturated rings. The van der Waals surface area contributed by atoms with Gasteiger partial charge in [0.2, 0.25) is 5.91 Å². The molecule has 1 atom stereocenters. The highest BCUT2D eigenvalue weighted by Crippen LogP contribution is 2.16. The first-order chi connectivity index (χ1) is 10.6. The van der Waals surface area contributed by atoms with Crippen LogP contribution in [0.2, 0.25) is 5.02 Å². The number of pyridine rings is 1. The number of nitrogens with zero attached hydrogens (tertiary/aromatic N) is 1. The molecule has 116 valence electrons. The minimum atomic E-state index is -0.106. The molecule has 0 radical (unpaired) electrons. The fraction of sp³-hybridized carbons (Fsp3) is 0.294. The van der Waals surface area contributed by atoms with E-state index in [0.29, 0.717) is 24.4 Å². The third kappa shape index (κ3) is 5.74. The van der Waals surface area contributed by atoms with E-state index in [0.717, 1.165) is 11.3 Å². The highest BCUT2D eigenvalue weighted by Gasteiger charge is 2.07. The van der Waals surface area contributed by atoms with Crippen LogP contribution in [0.3, 0.4) is 0 Å². The molecule has 5 heteroatoms. The lowest BCUT2D eigenvalue weighted by Crippen LogP contribution is -2.33. The van der Waals surface area contributed by atoms with Gasteiger partial charge in [-0.05, 0) is 55.3 Å². The number of nitrogens with one attached hydrogen (secondary N) is 1. The summed E-state index contributed by atoms with van der Waals surface area (Å²) >= 11 is 5.82. The van der Waals surface area contributed by atoms with E-state index in [1.807, 2.05) is 31.2 Å². The zero-order chi connectivity index (χ0) is 15.8. The molecule has 0 bridgehead atoms. The van der Waals surface area contributed by atoms with Gasteiger partial charge >= 0.3 is 0 Å². The van der Waals surface area contributed by atoms with Gasteiger partial charge in [-0.2, -0.15) is 0 Å². The average molecular weight is 319 g/mol. The lowest BCUT2D eigenvalue weighted by molar-refractivity contribution is -0.121. The van der Waals surface area contributed by atoms with Gasteiger partial charge in [-0.3, -0.25) is 9.78 Å². The molecule has 0 aliphatic heterocycles. The first-order valence-corrected chi connectivity index (χ1v) is 7.59. The Kier molecular flexibility index (Phi) is 6.22. The molecule has 22 heavy (non-hydrogen) atoms. The second-order valence-electron chi connectivity index (χ2n) is 5.04. The summed E-state index contributed by atoms with van der Waals surface area (Å²) in [5, 5.41) is 3.55. The summed E-state index contributed by atoms with van der Waals surface area (Å²) in [5.41, 5.74) is 1.11. The van der Waals surface area contributed by atoms with Gasteiger partial charge in [0.25, 0.3) is 0 Å². The predicted octanol–water partition coefficient (Wildman–Crippen LogP) is 3.25. The zero-order valence-electron chi connectivity index (χ0n) is 12.5. The van der Waals surface area contributed by atoms with E-state index in [1.54, 1.807) is 24.5 Å². The fourth-order valence-corrected chi connectivity index (χ4v) is 2.07. The van der Waals surface area contributed by atoms with Crippen molar-refractivity contribution in [2.24, 2.45) is 0 Å². The quantitative estimate of drug-likeness (QED) is 0.852. The number of ether oxygens (including phenoxy) is 1. The number of hydrogen-bond donors (Lipinski definition) is 1. The first-order valence-electron chi connectivity index (χ1n) is 7.21. The van der Waals surface area contributed by atoms with Crippen LogP contribution in [0.5, 0.6) is 5.75 Å². The molecule has 2 aromatic rings. The molecular weight excluding hydrogens is 300 g/mol. The third-order valence-corrected chi connectivity index (χ3v) is 3.38. The van der Waals surface area contributed by atoms with Crippen LogP contribution in [0.25, 0.3) is 0 Å². The van der Waals surface area contributed by atoms with Crippen LogP contribution < -0.4 is 10.1 Å². The molecular formula is C17H19ClN2O2. The Labute approximate surface area is 135 Å². The van der Waals surface area contributed by atoms with Gasteiger partial charge < -0.3 is 10.1 Å². The van der Waals surface area contributed by atoms with Gasteiger partial charge in [0, 0.05) is 23.8 Å². The number of halogens is 1. The Balaban J connectivity index is 1.68. The number of benzene rings is 1.